The number of halogens is 3. The molecule has 23 heavy (non-hydrogen) atoms. The van der Waals surface area contributed by atoms with E-state index in [1.165, 1.54) is 24.3 Å². The molecule has 0 aromatic heterocycles. The van der Waals surface area contributed by atoms with Gasteiger partial charge >= 0.3 is 6.18 Å². The lowest BCUT2D eigenvalue weighted by molar-refractivity contribution is -0.136. The molecule has 2 aromatic carbocycles. The minimum absolute atomic E-state index is 0.0876. The summed E-state index contributed by atoms with van der Waals surface area (Å²) in [5, 5.41) is 5.06. The number of hydrogen-bond acceptors (Lipinski definition) is 2. The van der Waals surface area contributed by atoms with Crippen LogP contribution in [0.3, 0.4) is 0 Å². The molecule has 0 saturated heterocycles. The van der Waals surface area contributed by atoms with Crippen molar-refractivity contribution in [1.29, 1.82) is 0 Å². The van der Waals surface area contributed by atoms with Gasteiger partial charge in [0.25, 0.3) is 5.91 Å². The van der Waals surface area contributed by atoms with Crippen molar-refractivity contribution in [3.8, 4) is 0 Å². The average molecular weight is 339 g/mol. The number of carbonyl (C=O) groups is 1. The third-order valence-corrected chi connectivity index (χ3v) is 3.13. The Kier molecular flexibility index (Phi) is 4.85. The van der Waals surface area contributed by atoms with Crippen molar-refractivity contribution >= 4 is 34.6 Å². The highest BCUT2D eigenvalue weighted by atomic mass is 32.1. The lowest BCUT2D eigenvalue weighted by atomic mass is 10.1. The first-order chi connectivity index (χ1) is 10.8. The van der Waals surface area contributed by atoms with E-state index in [0.29, 0.717) is 5.69 Å². The van der Waals surface area contributed by atoms with E-state index in [0.717, 1.165) is 6.07 Å². The number of para-hydroxylation sites is 2. The maximum atomic E-state index is 12.9. The van der Waals surface area contributed by atoms with Crippen molar-refractivity contribution in [3.05, 3.63) is 59.7 Å². The molecule has 0 saturated carbocycles. The predicted octanol–water partition coefficient (Wildman–Crippen LogP) is 3.61. The van der Waals surface area contributed by atoms with Crippen molar-refractivity contribution in [3.63, 3.8) is 0 Å². The highest BCUT2D eigenvalue weighted by Gasteiger charge is 2.33. The van der Waals surface area contributed by atoms with E-state index in [1.54, 1.807) is 18.2 Å². The van der Waals surface area contributed by atoms with Crippen LogP contribution >= 0.6 is 12.2 Å². The van der Waals surface area contributed by atoms with Gasteiger partial charge in [0.2, 0.25) is 0 Å². The number of nitrogens with two attached hydrogens (primary N) is 1. The molecule has 2 aromatic rings. The number of hydrogen-bond donors (Lipinski definition) is 3. The van der Waals surface area contributed by atoms with Crippen LogP contribution in [0.15, 0.2) is 48.5 Å². The van der Waals surface area contributed by atoms with Gasteiger partial charge in [0.15, 0.2) is 5.11 Å². The zero-order valence-corrected chi connectivity index (χ0v) is 12.5. The van der Waals surface area contributed by atoms with Crippen LogP contribution in [0.2, 0.25) is 0 Å². The van der Waals surface area contributed by atoms with E-state index in [1.807, 2.05) is 0 Å². The first-order valence-corrected chi connectivity index (χ1v) is 6.83. The Morgan fingerprint density at radius 3 is 2.09 bits per heavy atom. The van der Waals surface area contributed by atoms with Crippen LogP contribution in [0.5, 0.6) is 0 Å². The van der Waals surface area contributed by atoms with Gasteiger partial charge in [-0.3, -0.25) is 4.79 Å². The predicted molar refractivity (Wildman–Crippen MR) is 86.2 cm³/mol. The fourth-order valence-corrected chi connectivity index (χ4v) is 2.14. The molecule has 0 heterocycles. The Bertz CT molecular complexity index is 747. The van der Waals surface area contributed by atoms with Gasteiger partial charge in [0, 0.05) is 0 Å². The Hall–Kier alpha value is -2.61. The number of amides is 1. The number of anilines is 2. The fourth-order valence-electron chi connectivity index (χ4n) is 1.92. The van der Waals surface area contributed by atoms with E-state index in [2.05, 4.69) is 10.6 Å². The standard InChI is InChI=1S/C15H12F3N3OS/c16-15(17,18)10-6-2-4-8-12(10)21-14(23)20-11-7-3-1-5-9(11)13(19)22/h1-8H,(H2,19,22)(H2,20,21,23). The number of alkyl halides is 3. The lowest BCUT2D eigenvalue weighted by Crippen LogP contribution is -2.23. The van der Waals surface area contributed by atoms with Crippen LogP contribution in [-0.2, 0) is 6.18 Å². The van der Waals surface area contributed by atoms with Gasteiger partial charge in [0.05, 0.1) is 22.5 Å². The van der Waals surface area contributed by atoms with E-state index < -0.39 is 17.6 Å². The molecule has 0 unspecified atom stereocenters. The average Bonchev–Trinajstić information content (AvgIpc) is 2.47. The second kappa shape index (κ2) is 6.66. The van der Waals surface area contributed by atoms with E-state index in [4.69, 9.17) is 18.0 Å². The normalized spacial score (nSPS) is 10.9. The van der Waals surface area contributed by atoms with Crippen molar-refractivity contribution < 1.29 is 18.0 Å². The molecule has 4 nitrogen and oxygen atoms in total. The summed E-state index contributed by atoms with van der Waals surface area (Å²) in [5.74, 6) is -0.674. The molecule has 2 rings (SSSR count). The summed E-state index contributed by atoms with van der Waals surface area (Å²) >= 11 is 5.01. The maximum absolute atomic E-state index is 12.9. The third kappa shape index (κ3) is 4.19. The quantitative estimate of drug-likeness (QED) is 0.747. The number of primary amides is 1. The summed E-state index contributed by atoms with van der Waals surface area (Å²) in [6.07, 6.45) is -4.51. The minimum atomic E-state index is -4.51. The fraction of sp³-hybridized carbons (Fsp3) is 0.0667. The SMILES string of the molecule is NC(=O)c1ccccc1NC(=S)Nc1ccccc1C(F)(F)F. The number of nitrogens with one attached hydrogen (secondary N) is 2. The summed E-state index contributed by atoms with van der Waals surface area (Å²) in [6.45, 7) is 0. The first kappa shape index (κ1) is 16.8. The summed E-state index contributed by atoms with van der Waals surface area (Å²) in [7, 11) is 0. The minimum Gasteiger partial charge on any atom is -0.366 e. The van der Waals surface area contributed by atoms with Gasteiger partial charge in [-0.05, 0) is 36.5 Å². The van der Waals surface area contributed by atoms with Crippen molar-refractivity contribution in [2.24, 2.45) is 5.73 Å². The van der Waals surface area contributed by atoms with Crippen molar-refractivity contribution in [2.75, 3.05) is 10.6 Å². The Balaban J connectivity index is 2.20. The molecule has 0 radical (unpaired) electrons. The van der Waals surface area contributed by atoms with E-state index >= 15 is 0 Å². The molecule has 120 valence electrons. The molecule has 0 atom stereocenters. The van der Waals surface area contributed by atoms with Crippen LogP contribution in [0.1, 0.15) is 15.9 Å². The van der Waals surface area contributed by atoms with Gasteiger partial charge in [-0.1, -0.05) is 24.3 Å². The van der Waals surface area contributed by atoms with Gasteiger partial charge in [0.1, 0.15) is 0 Å². The molecule has 0 aliphatic heterocycles. The first-order valence-electron chi connectivity index (χ1n) is 6.42. The van der Waals surface area contributed by atoms with Crippen LogP contribution in [0, 0.1) is 0 Å². The number of carbonyl (C=O) groups excluding carboxylic acids is 1. The Morgan fingerprint density at radius 2 is 1.48 bits per heavy atom. The van der Waals surface area contributed by atoms with E-state index in [-0.39, 0.29) is 16.4 Å². The summed E-state index contributed by atoms with van der Waals surface area (Å²) in [6, 6.07) is 11.2. The summed E-state index contributed by atoms with van der Waals surface area (Å²) < 4.78 is 38.8. The molecular weight excluding hydrogens is 327 g/mol. The molecular formula is C15H12F3N3OS. The molecule has 4 N–H and O–H groups in total. The summed E-state index contributed by atoms with van der Waals surface area (Å²) in [5.41, 5.74) is 4.69. The number of rotatable bonds is 3. The zero-order chi connectivity index (χ0) is 17.0. The summed E-state index contributed by atoms with van der Waals surface area (Å²) in [4.78, 5) is 11.3. The number of thiocarbonyl (C=S) groups is 1. The second-order valence-electron chi connectivity index (χ2n) is 4.53. The molecule has 8 heteroatoms. The van der Waals surface area contributed by atoms with Crippen molar-refractivity contribution in [2.45, 2.75) is 6.18 Å². The highest BCUT2D eigenvalue weighted by molar-refractivity contribution is 7.80. The third-order valence-electron chi connectivity index (χ3n) is 2.92. The van der Waals surface area contributed by atoms with Crippen molar-refractivity contribution in [1.82, 2.24) is 0 Å². The van der Waals surface area contributed by atoms with Gasteiger partial charge in [-0.25, -0.2) is 0 Å². The smallest absolute Gasteiger partial charge is 0.366 e. The second-order valence-corrected chi connectivity index (χ2v) is 4.94. The van der Waals surface area contributed by atoms with Crippen LogP contribution < -0.4 is 16.4 Å². The Labute approximate surface area is 135 Å². The number of benzene rings is 2. The molecule has 0 fully saturated rings. The van der Waals surface area contributed by atoms with Gasteiger partial charge in [-0.15, -0.1) is 0 Å². The Morgan fingerprint density at radius 1 is 0.957 bits per heavy atom. The van der Waals surface area contributed by atoms with E-state index in [9.17, 15) is 18.0 Å². The largest absolute Gasteiger partial charge is 0.418 e. The zero-order valence-electron chi connectivity index (χ0n) is 11.6. The van der Waals surface area contributed by atoms with Crippen LogP contribution in [-0.4, -0.2) is 11.0 Å². The van der Waals surface area contributed by atoms with Gasteiger partial charge < -0.3 is 16.4 Å². The molecule has 0 aliphatic carbocycles. The topological polar surface area (TPSA) is 67.2 Å². The molecule has 1 amide bonds. The molecule has 0 aliphatic rings. The molecule has 0 spiro atoms. The van der Waals surface area contributed by atoms with Crippen LogP contribution in [0.25, 0.3) is 0 Å². The highest BCUT2D eigenvalue weighted by Crippen LogP contribution is 2.34. The van der Waals surface area contributed by atoms with Gasteiger partial charge in [-0.2, -0.15) is 13.2 Å². The van der Waals surface area contributed by atoms with Crippen LogP contribution in [0.4, 0.5) is 24.5 Å². The monoisotopic (exact) mass is 339 g/mol. The maximum Gasteiger partial charge on any atom is 0.418 e. The molecule has 0 bridgehead atoms. The lowest BCUT2D eigenvalue weighted by Gasteiger charge is -2.16.